The van der Waals surface area contributed by atoms with Gasteiger partial charge in [-0.15, -0.1) is 0 Å². The van der Waals surface area contributed by atoms with Crippen LogP contribution in [0.5, 0.6) is 0 Å². The van der Waals surface area contributed by atoms with Crippen LogP contribution in [-0.4, -0.2) is 101 Å². The number of alkyl halides is 2. The highest BCUT2D eigenvalue weighted by atomic mass is 31.2. The first-order valence-corrected chi connectivity index (χ1v) is 17.5. The molecule has 0 aliphatic carbocycles. The molecule has 8 rings (SSSR count). The minimum Gasteiger partial charge on any atom is -0.346 e. The fourth-order valence-electron chi connectivity index (χ4n) is 6.21. The Labute approximate surface area is 265 Å². The number of fused-ring (bicyclic) bond motifs is 3. The summed E-state index contributed by atoms with van der Waals surface area (Å²) >= 11 is 0. The van der Waals surface area contributed by atoms with E-state index in [0.717, 1.165) is 11.9 Å². The van der Waals surface area contributed by atoms with Gasteiger partial charge in [0.1, 0.15) is 30.1 Å². The van der Waals surface area contributed by atoms with E-state index in [2.05, 4.69) is 25.6 Å². The van der Waals surface area contributed by atoms with Crippen molar-refractivity contribution in [2.24, 2.45) is 0 Å². The molecule has 4 aromatic heterocycles. The van der Waals surface area contributed by atoms with Gasteiger partial charge >= 0.3 is 0 Å². The third kappa shape index (κ3) is 5.47. The fraction of sp³-hybridized carbons (Fsp3) is 0.500. The number of aromatic amines is 1. The van der Waals surface area contributed by atoms with Crippen LogP contribution in [0.2, 0.25) is 0 Å². The molecule has 4 radical (unpaired) electrons. The van der Waals surface area contributed by atoms with E-state index in [1.807, 2.05) is 0 Å². The first-order chi connectivity index (χ1) is 22.5. The second kappa shape index (κ2) is 11.6. The number of H-pyrrole nitrogens is 1. The van der Waals surface area contributed by atoms with E-state index in [1.165, 1.54) is 21.5 Å². The summed E-state index contributed by atoms with van der Waals surface area (Å²) in [4.78, 5) is 25.8. The van der Waals surface area contributed by atoms with E-state index < -0.39 is 82.9 Å². The molecule has 10 atom stereocenters. The van der Waals surface area contributed by atoms with E-state index in [-0.39, 0.29) is 11.0 Å². The molecule has 244 valence electrons. The summed E-state index contributed by atoms with van der Waals surface area (Å²) in [6, 6.07) is 1.70. The Kier molecular flexibility index (Phi) is 7.70. The lowest BCUT2D eigenvalue weighted by molar-refractivity contribution is -0.0546. The predicted molar refractivity (Wildman–Crippen MR) is 157 cm³/mol. The minimum atomic E-state index is -4.61. The molecule has 3 saturated heterocycles. The Morgan fingerprint density at radius 1 is 0.957 bits per heavy atom. The van der Waals surface area contributed by atoms with Crippen LogP contribution in [0.25, 0.3) is 22.1 Å². The van der Waals surface area contributed by atoms with Crippen LogP contribution in [-0.2, 0) is 48.0 Å². The van der Waals surface area contributed by atoms with E-state index in [0.29, 0.717) is 29.7 Å². The summed E-state index contributed by atoms with van der Waals surface area (Å²) in [5, 5.41) is 6.60. The molecule has 0 amide bonds. The van der Waals surface area contributed by atoms with Crippen molar-refractivity contribution in [1.29, 1.82) is 0 Å². The number of imidazole rings is 1. The maximum Gasteiger partial charge on any atom is 0.292 e. The Morgan fingerprint density at radius 2 is 1.62 bits per heavy atom. The highest BCUT2D eigenvalue weighted by Gasteiger charge is 2.53. The number of rotatable bonds is 2. The number of aromatic nitrogens is 6. The number of hydrogen-bond acceptors (Lipinski definition) is 14. The Morgan fingerprint density at radius 3 is 2.30 bits per heavy atom. The maximum atomic E-state index is 16.3. The first kappa shape index (κ1) is 31.3. The highest BCUT2D eigenvalue weighted by molar-refractivity contribution is 7.79. The average Bonchev–Trinajstić information content (AvgIpc) is 3.73. The van der Waals surface area contributed by atoms with Gasteiger partial charge in [-0.25, -0.2) is 23.8 Å². The second-order valence-electron chi connectivity index (χ2n) is 11.2. The molecule has 4 aliphatic rings. The van der Waals surface area contributed by atoms with Gasteiger partial charge in [-0.3, -0.25) is 28.8 Å². The maximum absolute atomic E-state index is 16.3. The summed E-state index contributed by atoms with van der Waals surface area (Å²) in [6.07, 6.45) is -7.21. The van der Waals surface area contributed by atoms with Crippen molar-refractivity contribution in [2.75, 3.05) is 25.3 Å². The quantitative estimate of drug-likeness (QED) is 0.229. The Hall–Kier alpha value is -2.99. The van der Waals surface area contributed by atoms with Crippen molar-refractivity contribution in [3.63, 3.8) is 0 Å². The number of hydrogen-bond donors (Lipinski definition) is 2. The van der Waals surface area contributed by atoms with Crippen LogP contribution in [0.3, 0.4) is 0 Å². The predicted octanol–water partition coefficient (Wildman–Crippen LogP) is 1.91. The lowest BCUT2D eigenvalue weighted by Crippen LogP contribution is -2.37. The number of halogens is 2. The van der Waals surface area contributed by atoms with Crippen molar-refractivity contribution >= 4 is 57.8 Å². The minimum absolute atomic E-state index is 0.0496. The summed E-state index contributed by atoms with van der Waals surface area (Å²) < 4.78 is 95.0. The molecule has 0 spiro atoms. The molecular formula is C24H23B2F2N7O10P2. The van der Waals surface area contributed by atoms with E-state index in [9.17, 15) is 13.9 Å². The van der Waals surface area contributed by atoms with Gasteiger partial charge in [0, 0.05) is 24.2 Å². The van der Waals surface area contributed by atoms with Gasteiger partial charge in [-0.05, 0) is 11.6 Å². The van der Waals surface area contributed by atoms with Gasteiger partial charge in [0.25, 0.3) is 20.5 Å². The third-order valence-corrected chi connectivity index (χ3v) is 10.4. The topological polar surface area (TPSA) is 192 Å². The summed E-state index contributed by atoms with van der Waals surface area (Å²) in [6.45, 7) is -1.09. The smallest absolute Gasteiger partial charge is 0.292 e. The van der Waals surface area contributed by atoms with Gasteiger partial charge < -0.3 is 32.1 Å². The van der Waals surface area contributed by atoms with Crippen LogP contribution >= 0.6 is 14.9 Å². The largest absolute Gasteiger partial charge is 0.346 e. The standard InChI is InChI=1S/C24H23B2F2N7O10P2/c25-46(37)41-8-14-20(17(28)24(43-14)35-9-30-18-12(35)5-31-32-22(18)36)45-47(26,38)40-7-13-19(44-46)16(27)23(42-13)34-6-10-2-4-39-33-11-1-3-29-21(34)15(10)11/h1,3,5-6,9,13-14,16-17,19-20,23-24,33H,2,4,7-8H2,(H,32,36)/t13-,14-,16+,17?,19?,20+,23-,24-,46?,47?/m1/s1. The second-order valence-corrected chi connectivity index (χ2v) is 14.3. The number of nitrogens with zero attached hydrogens (tertiary/aromatic N) is 5. The van der Waals surface area contributed by atoms with Crippen LogP contribution in [0, 0.1) is 0 Å². The molecule has 17 nitrogen and oxygen atoms in total. The van der Waals surface area contributed by atoms with Gasteiger partial charge in [0.15, 0.2) is 30.3 Å². The highest BCUT2D eigenvalue weighted by Crippen LogP contribution is 2.54. The van der Waals surface area contributed by atoms with Gasteiger partial charge in [0.2, 0.25) is 15.1 Å². The van der Waals surface area contributed by atoms with Crippen LogP contribution in [0.1, 0.15) is 18.0 Å². The molecule has 4 aliphatic heterocycles. The fourth-order valence-corrected chi connectivity index (χ4v) is 8.22. The van der Waals surface area contributed by atoms with Crippen molar-refractivity contribution in [2.45, 2.75) is 55.6 Å². The van der Waals surface area contributed by atoms with E-state index >= 15 is 8.78 Å². The van der Waals surface area contributed by atoms with Crippen molar-refractivity contribution in [1.82, 2.24) is 29.3 Å². The van der Waals surface area contributed by atoms with E-state index in [1.54, 1.807) is 12.3 Å². The molecule has 0 saturated carbocycles. The van der Waals surface area contributed by atoms with Crippen molar-refractivity contribution < 1.29 is 50.3 Å². The van der Waals surface area contributed by atoms with Crippen molar-refractivity contribution in [3.05, 3.63) is 46.9 Å². The molecule has 0 aromatic carbocycles. The average molecular weight is 691 g/mol. The summed E-state index contributed by atoms with van der Waals surface area (Å²) in [5.74, 6) is 0. The van der Waals surface area contributed by atoms with Crippen LogP contribution in [0.4, 0.5) is 14.5 Å². The molecule has 3 fully saturated rings. The molecule has 8 heterocycles. The lowest BCUT2D eigenvalue weighted by Gasteiger charge is -2.29. The van der Waals surface area contributed by atoms with Crippen LogP contribution in [0.15, 0.2) is 35.8 Å². The number of pyridine rings is 1. The van der Waals surface area contributed by atoms with Gasteiger partial charge in [-0.1, -0.05) is 0 Å². The zero-order chi connectivity index (χ0) is 32.7. The monoisotopic (exact) mass is 691 g/mol. The molecule has 47 heavy (non-hydrogen) atoms. The molecule has 23 heteroatoms. The molecular weight excluding hydrogens is 668 g/mol. The van der Waals surface area contributed by atoms with Gasteiger partial charge in [0.05, 0.1) is 43.5 Å². The number of nitrogens with one attached hydrogen (secondary N) is 2. The first-order valence-electron chi connectivity index (χ1n) is 14.3. The zero-order valence-corrected chi connectivity index (χ0v) is 25.7. The molecule has 2 N–H and O–H groups in total. The lowest BCUT2D eigenvalue weighted by atomic mass is 10.1. The van der Waals surface area contributed by atoms with Crippen molar-refractivity contribution in [3.8, 4) is 0 Å². The number of anilines is 1. The van der Waals surface area contributed by atoms with Gasteiger partial charge in [-0.2, -0.15) is 5.10 Å². The van der Waals surface area contributed by atoms with Crippen LogP contribution < -0.4 is 11.0 Å². The molecule has 4 unspecified atom stereocenters. The third-order valence-electron chi connectivity index (χ3n) is 8.30. The normalized spacial score (nSPS) is 37.8. The SMILES string of the molecule is [B]P1(=O)OC[C@H]2O[C@@H](n3cnc4c(=O)[nH]ncc43)C(F)[C@H]2OP([B])(=O)OC[C@H]2O[C@@H](n3cc4c5c(ccnc53)NOCC4)[C@@H](F)C2O1. The van der Waals surface area contributed by atoms with E-state index in [4.69, 9.17) is 47.5 Å². The zero-order valence-electron chi connectivity index (χ0n) is 24.0. The Bertz CT molecular complexity index is 2020. The Balaban J connectivity index is 1.08. The number of ether oxygens (including phenoxy) is 2. The molecule has 4 aromatic rings. The summed E-state index contributed by atoms with van der Waals surface area (Å²) in [5.41, 5.74) is 4.06. The summed E-state index contributed by atoms with van der Waals surface area (Å²) in [7, 11) is 2.55. The molecule has 0 bridgehead atoms.